The quantitative estimate of drug-likeness (QED) is 0.885. The van der Waals surface area contributed by atoms with Crippen molar-refractivity contribution < 1.29 is 8.42 Å². The van der Waals surface area contributed by atoms with Crippen LogP contribution in [-0.2, 0) is 17.1 Å². The van der Waals surface area contributed by atoms with E-state index < -0.39 is 10.0 Å². The topological polar surface area (TPSA) is 76.9 Å². The van der Waals surface area contributed by atoms with Crippen molar-refractivity contribution in [2.24, 2.45) is 7.05 Å². The van der Waals surface area contributed by atoms with Gasteiger partial charge >= 0.3 is 0 Å². The van der Waals surface area contributed by atoms with Gasteiger partial charge in [0.25, 0.3) is 10.0 Å². The highest BCUT2D eigenvalue weighted by Crippen LogP contribution is 2.17. The molecule has 0 fully saturated rings. The van der Waals surface area contributed by atoms with Crippen LogP contribution < -0.4 is 4.72 Å². The number of rotatable bonds is 4. The summed E-state index contributed by atoms with van der Waals surface area (Å²) in [6.45, 7) is 3.71. The fraction of sp³-hybridized carbons (Fsp3) is 0.714. The van der Waals surface area contributed by atoms with Crippen LogP contribution in [0.15, 0.2) is 9.63 Å². The van der Waals surface area contributed by atoms with Crippen LogP contribution in [0.1, 0.15) is 20.3 Å². The Labute approximate surface area is 97.2 Å². The summed E-state index contributed by atoms with van der Waals surface area (Å²) in [4.78, 5) is 0. The molecule has 1 heterocycles. The van der Waals surface area contributed by atoms with Crippen molar-refractivity contribution in [3.05, 3.63) is 4.60 Å². The third kappa shape index (κ3) is 2.76. The molecule has 1 atom stereocenters. The maximum absolute atomic E-state index is 11.9. The first kappa shape index (κ1) is 12.6. The molecule has 0 radical (unpaired) electrons. The van der Waals surface area contributed by atoms with Crippen molar-refractivity contribution >= 4 is 26.0 Å². The van der Waals surface area contributed by atoms with E-state index in [9.17, 15) is 8.42 Å². The molecule has 1 aromatic rings. The highest BCUT2D eigenvalue weighted by molar-refractivity contribution is 9.10. The molecular weight excluding hydrogens is 284 g/mol. The summed E-state index contributed by atoms with van der Waals surface area (Å²) < 4.78 is 27.7. The summed E-state index contributed by atoms with van der Waals surface area (Å²) >= 11 is 3.05. The predicted octanol–water partition coefficient (Wildman–Crippen LogP) is 0.654. The lowest BCUT2D eigenvalue weighted by atomic mass is 10.3. The monoisotopic (exact) mass is 296 g/mol. The molecular formula is C7H13BrN4O2S. The maximum Gasteiger partial charge on any atom is 0.260 e. The van der Waals surface area contributed by atoms with Gasteiger partial charge in [0.05, 0.1) is 0 Å². The molecule has 1 N–H and O–H groups in total. The zero-order chi connectivity index (χ0) is 11.6. The lowest BCUT2D eigenvalue weighted by molar-refractivity contribution is 0.539. The Kier molecular flexibility index (Phi) is 3.85. The van der Waals surface area contributed by atoms with E-state index in [-0.39, 0.29) is 15.7 Å². The van der Waals surface area contributed by atoms with Crippen LogP contribution in [0.25, 0.3) is 0 Å². The van der Waals surface area contributed by atoms with Gasteiger partial charge in [0.15, 0.2) is 4.60 Å². The first-order valence-corrected chi connectivity index (χ1v) is 6.73. The second-order valence-electron chi connectivity index (χ2n) is 3.24. The predicted molar refractivity (Wildman–Crippen MR) is 58.8 cm³/mol. The Bertz CT molecular complexity index is 422. The molecule has 8 heteroatoms. The van der Waals surface area contributed by atoms with Crippen molar-refractivity contribution in [3.63, 3.8) is 0 Å². The van der Waals surface area contributed by atoms with Gasteiger partial charge < -0.3 is 0 Å². The van der Waals surface area contributed by atoms with Crippen LogP contribution in [0, 0.1) is 0 Å². The third-order valence-corrected chi connectivity index (χ3v) is 4.44. The average molecular weight is 297 g/mol. The van der Waals surface area contributed by atoms with E-state index in [0.29, 0.717) is 0 Å². The molecule has 86 valence electrons. The Hall–Kier alpha value is -0.470. The van der Waals surface area contributed by atoms with E-state index in [1.807, 2.05) is 6.92 Å². The summed E-state index contributed by atoms with van der Waals surface area (Å²) in [5, 5.41) is 7.29. The SMILES string of the molecule is CCC(C)NS(=O)(=O)c1c(Br)nnn1C. The normalized spacial score (nSPS) is 14.1. The third-order valence-electron chi connectivity index (χ3n) is 1.96. The molecule has 0 amide bonds. The van der Waals surface area contributed by atoms with Gasteiger partial charge in [0.1, 0.15) is 0 Å². The number of nitrogens with one attached hydrogen (secondary N) is 1. The summed E-state index contributed by atoms with van der Waals surface area (Å²) in [6, 6.07) is -0.114. The van der Waals surface area contributed by atoms with Crippen LogP contribution in [0.2, 0.25) is 0 Å². The summed E-state index contributed by atoms with van der Waals surface area (Å²) in [5.74, 6) is 0. The van der Waals surface area contributed by atoms with Crippen LogP contribution in [0.4, 0.5) is 0 Å². The number of aromatic nitrogens is 3. The van der Waals surface area contributed by atoms with Crippen LogP contribution in [-0.4, -0.2) is 29.5 Å². The van der Waals surface area contributed by atoms with E-state index in [0.717, 1.165) is 6.42 Å². The first-order chi connectivity index (χ1) is 6.88. The van der Waals surface area contributed by atoms with Gasteiger partial charge in [-0.15, -0.1) is 5.10 Å². The van der Waals surface area contributed by atoms with Crippen molar-refractivity contribution in [3.8, 4) is 0 Å². The van der Waals surface area contributed by atoms with E-state index in [1.165, 1.54) is 11.7 Å². The van der Waals surface area contributed by atoms with Gasteiger partial charge in [-0.05, 0) is 29.3 Å². The van der Waals surface area contributed by atoms with E-state index in [4.69, 9.17) is 0 Å². The fourth-order valence-electron chi connectivity index (χ4n) is 1.01. The van der Waals surface area contributed by atoms with E-state index in [1.54, 1.807) is 6.92 Å². The average Bonchev–Trinajstić information content (AvgIpc) is 2.45. The van der Waals surface area contributed by atoms with Crippen LogP contribution in [0.3, 0.4) is 0 Å². The molecule has 0 aliphatic rings. The Balaban J connectivity index is 3.07. The van der Waals surface area contributed by atoms with Crippen LogP contribution >= 0.6 is 15.9 Å². The molecule has 0 spiro atoms. The molecule has 0 aromatic carbocycles. The second kappa shape index (κ2) is 4.58. The molecule has 1 rings (SSSR count). The zero-order valence-electron chi connectivity index (χ0n) is 8.73. The molecule has 0 bridgehead atoms. The van der Waals surface area contributed by atoms with Gasteiger partial charge in [-0.1, -0.05) is 12.1 Å². The molecule has 1 unspecified atom stereocenters. The highest BCUT2D eigenvalue weighted by atomic mass is 79.9. The van der Waals surface area contributed by atoms with Gasteiger partial charge in [0.2, 0.25) is 5.03 Å². The number of hydrogen-bond acceptors (Lipinski definition) is 4. The minimum atomic E-state index is -3.55. The second-order valence-corrected chi connectivity index (χ2v) is 5.62. The maximum atomic E-state index is 11.9. The van der Waals surface area contributed by atoms with Crippen molar-refractivity contribution in [1.29, 1.82) is 0 Å². The van der Waals surface area contributed by atoms with Gasteiger partial charge in [0, 0.05) is 13.1 Å². The molecule has 0 aliphatic heterocycles. The van der Waals surface area contributed by atoms with Gasteiger partial charge in [-0.2, -0.15) is 0 Å². The van der Waals surface area contributed by atoms with E-state index in [2.05, 4.69) is 31.0 Å². The van der Waals surface area contributed by atoms with Gasteiger partial charge in [-0.3, -0.25) is 0 Å². The van der Waals surface area contributed by atoms with Crippen molar-refractivity contribution in [1.82, 2.24) is 19.7 Å². The molecule has 0 saturated heterocycles. The largest absolute Gasteiger partial charge is 0.260 e. The molecule has 0 saturated carbocycles. The standard InChI is InChI=1S/C7H13BrN4O2S/c1-4-5(2)10-15(13,14)7-6(8)9-11-12(7)3/h5,10H,4H2,1-3H3. The minimum Gasteiger partial charge on any atom is -0.235 e. The van der Waals surface area contributed by atoms with Crippen molar-refractivity contribution in [2.75, 3.05) is 0 Å². The number of aryl methyl sites for hydroxylation is 1. The summed E-state index contributed by atoms with van der Waals surface area (Å²) in [6.07, 6.45) is 0.724. The number of halogens is 1. The van der Waals surface area contributed by atoms with Crippen LogP contribution in [0.5, 0.6) is 0 Å². The Morgan fingerprint density at radius 1 is 1.60 bits per heavy atom. The molecule has 15 heavy (non-hydrogen) atoms. The Morgan fingerprint density at radius 2 is 2.20 bits per heavy atom. The van der Waals surface area contributed by atoms with Gasteiger partial charge in [-0.25, -0.2) is 17.8 Å². The lowest BCUT2D eigenvalue weighted by Crippen LogP contribution is -2.33. The smallest absolute Gasteiger partial charge is 0.235 e. The summed E-state index contributed by atoms with van der Waals surface area (Å²) in [7, 11) is -2.02. The first-order valence-electron chi connectivity index (χ1n) is 4.46. The number of hydrogen-bond donors (Lipinski definition) is 1. The van der Waals surface area contributed by atoms with E-state index >= 15 is 0 Å². The lowest BCUT2D eigenvalue weighted by Gasteiger charge is -2.11. The fourth-order valence-corrected chi connectivity index (χ4v) is 3.43. The Morgan fingerprint density at radius 3 is 2.60 bits per heavy atom. The highest BCUT2D eigenvalue weighted by Gasteiger charge is 2.24. The zero-order valence-corrected chi connectivity index (χ0v) is 11.1. The van der Waals surface area contributed by atoms with Crippen molar-refractivity contribution in [2.45, 2.75) is 31.3 Å². The molecule has 1 aromatic heterocycles. The number of sulfonamides is 1. The number of nitrogens with zero attached hydrogens (tertiary/aromatic N) is 3. The molecule has 6 nitrogen and oxygen atoms in total. The summed E-state index contributed by atoms with van der Waals surface area (Å²) in [5.41, 5.74) is 0. The molecule has 0 aliphatic carbocycles. The minimum absolute atomic E-state index is 0.0443.